The van der Waals surface area contributed by atoms with Gasteiger partial charge in [-0.15, -0.1) is 0 Å². The molecule has 0 spiro atoms. The molecule has 0 bridgehead atoms. The van der Waals surface area contributed by atoms with Crippen LogP contribution in [-0.4, -0.2) is 45.9 Å². The van der Waals surface area contributed by atoms with Crippen LogP contribution in [0.2, 0.25) is 0 Å². The van der Waals surface area contributed by atoms with Gasteiger partial charge in [0.15, 0.2) is 0 Å². The van der Waals surface area contributed by atoms with Crippen LogP contribution >= 0.6 is 0 Å². The fourth-order valence-electron chi connectivity index (χ4n) is 8.19. The molecule has 0 unspecified atom stereocenters. The van der Waals surface area contributed by atoms with Gasteiger partial charge in [0.25, 0.3) is 0 Å². The first-order valence-corrected chi connectivity index (χ1v) is 12.3. The van der Waals surface area contributed by atoms with Crippen molar-refractivity contribution in [3.63, 3.8) is 0 Å². The predicted octanol–water partition coefficient (Wildman–Crippen LogP) is 3.59. The lowest BCUT2D eigenvalue weighted by Gasteiger charge is -2.62. The highest BCUT2D eigenvalue weighted by molar-refractivity contribution is 5.81. The minimum absolute atomic E-state index is 0.0643. The van der Waals surface area contributed by atoms with E-state index in [1.54, 1.807) is 0 Å². The zero-order valence-electron chi connectivity index (χ0n) is 24.6. The van der Waals surface area contributed by atoms with Crippen molar-refractivity contribution in [2.75, 3.05) is 6.54 Å². The molecule has 0 aromatic heterocycles. The Labute approximate surface area is 199 Å². The fourth-order valence-corrected chi connectivity index (χ4v) is 8.19. The molecule has 10 atom stereocenters. The summed E-state index contributed by atoms with van der Waals surface area (Å²) < 4.78 is 42.5. The normalized spacial score (nSPS) is 54.2. The van der Waals surface area contributed by atoms with Crippen LogP contribution in [0.4, 0.5) is 0 Å². The maximum atomic E-state index is 12.1. The number of fused-ring (bicyclic) bond motifs is 5. The third-order valence-corrected chi connectivity index (χ3v) is 9.87. The average molecular weight is 455 g/mol. The first kappa shape index (κ1) is 18.2. The summed E-state index contributed by atoms with van der Waals surface area (Å²) in [6.45, 7) is 5.95. The Morgan fingerprint density at radius 3 is 2.59 bits per heavy atom. The van der Waals surface area contributed by atoms with Gasteiger partial charge in [-0.05, 0) is 104 Å². The monoisotopic (exact) mass is 454 g/mol. The summed E-state index contributed by atoms with van der Waals surface area (Å²) in [5.74, 6) is -1.58. The minimum atomic E-state index is -2.88. The SMILES string of the molecule is [2H]C1([2H])C[C@@]2(C)[C@H](C[C@@H](O)[C@@H]3[C@@H]2CC[C@]2(C)[C@@H]([C@H](C)CCC(=O)NCC(=O)O)CC[C@@H]32)C([2H])([2H])[C@]1([2H])O. The van der Waals surface area contributed by atoms with E-state index in [9.17, 15) is 19.8 Å². The number of hydrogen-bond donors (Lipinski definition) is 4. The molecular formula is C26H43NO5. The Morgan fingerprint density at radius 1 is 1.16 bits per heavy atom. The molecule has 32 heavy (non-hydrogen) atoms. The molecule has 0 aromatic carbocycles. The van der Waals surface area contributed by atoms with Gasteiger partial charge in [-0.1, -0.05) is 20.8 Å². The number of carbonyl (C=O) groups is 2. The minimum Gasteiger partial charge on any atom is -0.480 e. The van der Waals surface area contributed by atoms with Crippen LogP contribution in [0.15, 0.2) is 0 Å². The lowest BCUT2D eigenvalue weighted by atomic mass is 9.43. The molecule has 0 saturated heterocycles. The standard InChI is InChI=1S/C26H43NO5/c1-15(4-7-22(30)27-14-23(31)32)18-5-6-19-24-20(9-11-26(18,19)3)25(2)10-8-17(28)12-16(25)13-21(24)29/h15-21,24,28-29H,4-14H2,1-3H3,(H,27,30)(H,31,32)/t15-,16+,17-,18-,19+,20+,21-,24+,25+,26-/m1/s1/i8D2,12D2,17D. The Balaban J connectivity index is 1.54. The molecule has 6 heteroatoms. The number of carboxylic acid groups (broad SMARTS) is 1. The molecule has 4 aliphatic carbocycles. The van der Waals surface area contributed by atoms with Gasteiger partial charge in [0.2, 0.25) is 5.91 Å². The summed E-state index contributed by atoms with van der Waals surface area (Å²) in [6.07, 6.45) is -4.18. The van der Waals surface area contributed by atoms with E-state index < -0.39 is 42.2 Å². The van der Waals surface area contributed by atoms with Crippen LogP contribution in [0.25, 0.3) is 0 Å². The molecule has 4 rings (SSSR count). The molecule has 4 aliphatic rings. The molecule has 0 radical (unpaired) electrons. The highest BCUT2D eigenvalue weighted by Crippen LogP contribution is 2.68. The Morgan fingerprint density at radius 2 is 1.88 bits per heavy atom. The van der Waals surface area contributed by atoms with Crippen molar-refractivity contribution >= 4 is 11.9 Å². The Kier molecular flexibility index (Phi) is 5.07. The van der Waals surface area contributed by atoms with Gasteiger partial charge in [-0.2, -0.15) is 0 Å². The van der Waals surface area contributed by atoms with Crippen LogP contribution in [-0.2, 0) is 9.59 Å². The van der Waals surface area contributed by atoms with E-state index in [1.807, 2.05) is 6.92 Å². The number of carbonyl (C=O) groups excluding carboxylic acids is 1. The smallest absolute Gasteiger partial charge is 0.322 e. The predicted molar refractivity (Wildman–Crippen MR) is 122 cm³/mol. The molecule has 0 heterocycles. The zero-order chi connectivity index (χ0) is 27.8. The van der Waals surface area contributed by atoms with E-state index >= 15 is 0 Å². The maximum Gasteiger partial charge on any atom is 0.322 e. The molecular weight excluding hydrogens is 406 g/mol. The summed E-state index contributed by atoms with van der Waals surface area (Å²) >= 11 is 0. The number of hydrogen-bond acceptors (Lipinski definition) is 4. The summed E-state index contributed by atoms with van der Waals surface area (Å²) in [5.41, 5.74) is -0.845. The molecule has 0 aliphatic heterocycles. The lowest BCUT2D eigenvalue weighted by molar-refractivity contribution is -0.174. The van der Waals surface area contributed by atoms with E-state index in [0.29, 0.717) is 12.3 Å². The molecule has 182 valence electrons. The largest absolute Gasteiger partial charge is 0.480 e. The van der Waals surface area contributed by atoms with Gasteiger partial charge < -0.3 is 20.6 Å². The van der Waals surface area contributed by atoms with Crippen LogP contribution in [0.3, 0.4) is 0 Å². The molecule has 4 N–H and O–H groups in total. The third-order valence-electron chi connectivity index (χ3n) is 9.87. The van der Waals surface area contributed by atoms with Crippen LogP contribution < -0.4 is 5.32 Å². The first-order chi connectivity index (χ1) is 16.9. The molecule has 4 saturated carbocycles. The van der Waals surface area contributed by atoms with Crippen LogP contribution in [0.5, 0.6) is 0 Å². The Hall–Kier alpha value is -1.14. The van der Waals surface area contributed by atoms with Crippen molar-refractivity contribution in [1.29, 1.82) is 0 Å². The first-order valence-electron chi connectivity index (χ1n) is 14.8. The van der Waals surface area contributed by atoms with E-state index in [4.69, 9.17) is 12.0 Å². The number of amides is 1. The molecule has 6 nitrogen and oxygen atoms in total. The number of nitrogens with one attached hydrogen (secondary N) is 1. The van der Waals surface area contributed by atoms with Crippen molar-refractivity contribution in [3.05, 3.63) is 0 Å². The van der Waals surface area contributed by atoms with E-state index in [2.05, 4.69) is 19.2 Å². The van der Waals surface area contributed by atoms with Gasteiger partial charge in [-0.25, -0.2) is 0 Å². The second-order valence-corrected chi connectivity index (χ2v) is 11.4. The lowest BCUT2D eigenvalue weighted by Crippen LogP contribution is -2.58. The summed E-state index contributed by atoms with van der Waals surface area (Å²) in [6, 6.07) is 0. The van der Waals surface area contributed by atoms with Gasteiger partial charge in [0.05, 0.1) is 13.6 Å². The van der Waals surface area contributed by atoms with E-state index in [1.165, 1.54) is 0 Å². The van der Waals surface area contributed by atoms with Crippen LogP contribution in [0.1, 0.15) is 91.7 Å². The molecule has 1 amide bonds. The topological polar surface area (TPSA) is 107 Å². The van der Waals surface area contributed by atoms with Gasteiger partial charge in [-0.3, -0.25) is 9.59 Å². The van der Waals surface area contributed by atoms with Crippen molar-refractivity contribution in [2.24, 2.45) is 46.3 Å². The van der Waals surface area contributed by atoms with E-state index in [0.717, 1.165) is 25.7 Å². The maximum absolute atomic E-state index is 12.1. The summed E-state index contributed by atoms with van der Waals surface area (Å²) in [4.78, 5) is 22.8. The van der Waals surface area contributed by atoms with Gasteiger partial charge >= 0.3 is 5.97 Å². The number of aliphatic hydroxyl groups excluding tert-OH is 1. The van der Waals surface area contributed by atoms with Crippen molar-refractivity contribution < 1.29 is 31.8 Å². The van der Waals surface area contributed by atoms with Crippen molar-refractivity contribution in [3.8, 4) is 0 Å². The molecule has 4 fully saturated rings. The van der Waals surface area contributed by atoms with Crippen LogP contribution in [0, 0.1) is 46.3 Å². The van der Waals surface area contributed by atoms with Gasteiger partial charge in [0.1, 0.15) is 6.54 Å². The quantitative estimate of drug-likeness (QED) is 0.491. The summed E-state index contributed by atoms with van der Waals surface area (Å²) in [5, 5.41) is 33.3. The van der Waals surface area contributed by atoms with Crippen molar-refractivity contribution in [1.82, 2.24) is 5.32 Å². The Bertz CT molecular complexity index is 931. The second kappa shape index (κ2) is 8.90. The summed E-state index contributed by atoms with van der Waals surface area (Å²) in [7, 11) is 0. The second-order valence-electron chi connectivity index (χ2n) is 11.4. The number of aliphatic hydroxyl groups is 2. The highest BCUT2D eigenvalue weighted by atomic mass is 16.4. The highest BCUT2D eigenvalue weighted by Gasteiger charge is 2.62. The number of rotatable bonds is 6. The van der Waals surface area contributed by atoms with Crippen molar-refractivity contribution in [2.45, 2.75) is 97.1 Å². The number of carboxylic acids is 1. The average Bonchev–Trinajstić information content (AvgIpc) is 3.13. The molecule has 0 aromatic rings. The number of aliphatic carboxylic acids is 1. The third kappa shape index (κ3) is 4.11. The zero-order valence-corrected chi connectivity index (χ0v) is 19.6. The van der Waals surface area contributed by atoms with E-state index in [-0.39, 0.29) is 60.8 Å². The van der Waals surface area contributed by atoms with Gasteiger partial charge in [0, 0.05) is 11.9 Å². The fraction of sp³-hybridized carbons (Fsp3) is 0.923.